The molecule has 0 saturated carbocycles. The van der Waals surface area contributed by atoms with Crippen molar-refractivity contribution in [2.45, 2.75) is 26.2 Å². The summed E-state index contributed by atoms with van der Waals surface area (Å²) in [6.45, 7) is 10.6. The van der Waals surface area contributed by atoms with Crippen molar-refractivity contribution >= 4 is 17.5 Å². The summed E-state index contributed by atoms with van der Waals surface area (Å²) in [6.07, 6.45) is 4.71. The van der Waals surface area contributed by atoms with Crippen LogP contribution in [0.3, 0.4) is 0 Å². The number of benzene rings is 1. The Balaban J connectivity index is 2.02. The van der Waals surface area contributed by atoms with Gasteiger partial charge in [-0.2, -0.15) is 0 Å². The number of anilines is 2. The van der Waals surface area contributed by atoms with Gasteiger partial charge in [-0.3, -0.25) is 4.79 Å². The fourth-order valence-corrected chi connectivity index (χ4v) is 1.96. The number of rotatable bonds is 5. The van der Waals surface area contributed by atoms with Crippen LogP contribution in [0, 0.1) is 0 Å². The second-order valence-corrected chi connectivity index (χ2v) is 6.25. The maximum atomic E-state index is 12.2. The molecule has 1 aromatic carbocycles. The SMILES string of the molecule is C=CCNc1ncc(C(=O)Nc2ccc(C(C)(C)C)cc2)cn1. The Hall–Kier alpha value is -2.69. The van der Waals surface area contributed by atoms with Crippen LogP contribution in [-0.4, -0.2) is 22.4 Å². The molecular formula is C18H22N4O. The van der Waals surface area contributed by atoms with Gasteiger partial charge in [0.25, 0.3) is 5.91 Å². The molecule has 0 aliphatic heterocycles. The molecule has 5 heteroatoms. The van der Waals surface area contributed by atoms with Gasteiger partial charge in [0.05, 0.1) is 5.56 Å². The number of nitrogens with one attached hydrogen (secondary N) is 2. The van der Waals surface area contributed by atoms with E-state index in [0.717, 1.165) is 5.69 Å². The van der Waals surface area contributed by atoms with Crippen LogP contribution in [0.2, 0.25) is 0 Å². The number of nitrogens with zero attached hydrogens (tertiary/aromatic N) is 2. The van der Waals surface area contributed by atoms with Crippen LogP contribution in [0.5, 0.6) is 0 Å². The Kier molecular flexibility index (Phi) is 5.11. The molecule has 1 heterocycles. The van der Waals surface area contributed by atoms with Crippen molar-refractivity contribution in [3.05, 3.63) is 60.4 Å². The van der Waals surface area contributed by atoms with Gasteiger partial charge in [-0.25, -0.2) is 9.97 Å². The second-order valence-electron chi connectivity index (χ2n) is 6.25. The Morgan fingerprint density at radius 2 is 1.78 bits per heavy atom. The summed E-state index contributed by atoms with van der Waals surface area (Å²) in [7, 11) is 0. The highest BCUT2D eigenvalue weighted by atomic mass is 16.1. The van der Waals surface area contributed by atoms with E-state index in [1.165, 1.54) is 18.0 Å². The number of carbonyl (C=O) groups is 1. The molecule has 120 valence electrons. The summed E-state index contributed by atoms with van der Waals surface area (Å²) >= 11 is 0. The van der Waals surface area contributed by atoms with Crippen LogP contribution in [-0.2, 0) is 5.41 Å². The first-order valence-electron chi connectivity index (χ1n) is 7.49. The van der Waals surface area contributed by atoms with E-state index < -0.39 is 0 Å². The maximum Gasteiger partial charge on any atom is 0.258 e. The van der Waals surface area contributed by atoms with E-state index >= 15 is 0 Å². The molecule has 0 atom stereocenters. The molecule has 23 heavy (non-hydrogen) atoms. The monoisotopic (exact) mass is 310 g/mol. The van der Waals surface area contributed by atoms with Gasteiger partial charge < -0.3 is 10.6 Å². The first-order chi connectivity index (χ1) is 10.9. The molecule has 0 spiro atoms. The zero-order valence-electron chi connectivity index (χ0n) is 13.8. The molecule has 1 aromatic heterocycles. The van der Waals surface area contributed by atoms with Crippen molar-refractivity contribution in [2.24, 2.45) is 0 Å². The van der Waals surface area contributed by atoms with Gasteiger partial charge in [0, 0.05) is 24.6 Å². The molecule has 0 fully saturated rings. The van der Waals surface area contributed by atoms with Crippen molar-refractivity contribution in [1.29, 1.82) is 0 Å². The summed E-state index contributed by atoms with van der Waals surface area (Å²) in [5.74, 6) is 0.236. The van der Waals surface area contributed by atoms with Crippen LogP contribution < -0.4 is 10.6 Å². The van der Waals surface area contributed by atoms with Crippen LogP contribution in [0.25, 0.3) is 0 Å². The van der Waals surface area contributed by atoms with Gasteiger partial charge in [-0.1, -0.05) is 39.0 Å². The van der Waals surface area contributed by atoms with Crippen molar-refractivity contribution in [2.75, 3.05) is 17.2 Å². The van der Waals surface area contributed by atoms with E-state index in [4.69, 9.17) is 0 Å². The lowest BCUT2D eigenvalue weighted by Crippen LogP contribution is -2.14. The van der Waals surface area contributed by atoms with Gasteiger partial charge in [0.15, 0.2) is 0 Å². The standard InChI is InChI=1S/C18H22N4O/c1-5-10-19-17-20-11-13(12-21-17)16(23)22-15-8-6-14(7-9-15)18(2,3)4/h5-9,11-12H,1,10H2,2-4H3,(H,22,23)(H,19,20,21). The first-order valence-corrected chi connectivity index (χ1v) is 7.49. The summed E-state index contributed by atoms with van der Waals surface area (Å²) in [5, 5.41) is 5.80. The number of amides is 1. The van der Waals surface area contributed by atoms with Gasteiger partial charge >= 0.3 is 0 Å². The predicted molar refractivity (Wildman–Crippen MR) is 93.8 cm³/mol. The summed E-state index contributed by atoms with van der Waals surface area (Å²) < 4.78 is 0. The number of aromatic nitrogens is 2. The number of hydrogen-bond donors (Lipinski definition) is 2. The largest absolute Gasteiger partial charge is 0.351 e. The van der Waals surface area contributed by atoms with E-state index in [2.05, 4.69) is 48.0 Å². The van der Waals surface area contributed by atoms with Crippen molar-refractivity contribution in [3.8, 4) is 0 Å². The highest BCUT2D eigenvalue weighted by molar-refractivity contribution is 6.03. The summed E-state index contributed by atoms with van der Waals surface area (Å²) in [5.41, 5.74) is 2.47. The molecule has 1 amide bonds. The summed E-state index contributed by atoms with van der Waals surface area (Å²) in [4.78, 5) is 20.4. The van der Waals surface area contributed by atoms with E-state index in [1.807, 2.05) is 24.3 Å². The van der Waals surface area contributed by atoms with Crippen LogP contribution >= 0.6 is 0 Å². The van der Waals surface area contributed by atoms with E-state index in [9.17, 15) is 4.79 Å². The van der Waals surface area contributed by atoms with E-state index in [1.54, 1.807) is 6.08 Å². The predicted octanol–water partition coefficient (Wildman–Crippen LogP) is 3.62. The van der Waals surface area contributed by atoms with Crippen molar-refractivity contribution < 1.29 is 4.79 Å². The van der Waals surface area contributed by atoms with Crippen LogP contribution in [0.1, 0.15) is 36.7 Å². The molecular weight excluding hydrogens is 288 g/mol. The zero-order chi connectivity index (χ0) is 16.9. The lowest BCUT2D eigenvalue weighted by atomic mass is 9.87. The van der Waals surface area contributed by atoms with Crippen LogP contribution in [0.4, 0.5) is 11.6 Å². The topological polar surface area (TPSA) is 66.9 Å². The van der Waals surface area contributed by atoms with Gasteiger partial charge in [0.1, 0.15) is 0 Å². The number of carbonyl (C=O) groups excluding carboxylic acids is 1. The van der Waals surface area contributed by atoms with Gasteiger partial charge in [-0.05, 0) is 23.1 Å². The lowest BCUT2D eigenvalue weighted by molar-refractivity contribution is 0.102. The molecule has 2 N–H and O–H groups in total. The average Bonchev–Trinajstić information content (AvgIpc) is 2.53. The van der Waals surface area contributed by atoms with Gasteiger partial charge in [-0.15, -0.1) is 6.58 Å². The van der Waals surface area contributed by atoms with Gasteiger partial charge in [0.2, 0.25) is 5.95 Å². The molecule has 2 aromatic rings. The quantitative estimate of drug-likeness (QED) is 0.828. The Bertz CT molecular complexity index is 670. The molecule has 0 radical (unpaired) electrons. The Morgan fingerprint density at radius 1 is 1.17 bits per heavy atom. The molecule has 5 nitrogen and oxygen atoms in total. The second kappa shape index (κ2) is 7.05. The van der Waals surface area contributed by atoms with Crippen molar-refractivity contribution in [1.82, 2.24) is 9.97 Å². The smallest absolute Gasteiger partial charge is 0.258 e. The van der Waals surface area contributed by atoms with Crippen molar-refractivity contribution in [3.63, 3.8) is 0 Å². The van der Waals surface area contributed by atoms with Crippen LogP contribution in [0.15, 0.2) is 49.3 Å². The highest BCUT2D eigenvalue weighted by Gasteiger charge is 2.13. The summed E-state index contributed by atoms with van der Waals surface area (Å²) in [6, 6.07) is 7.85. The lowest BCUT2D eigenvalue weighted by Gasteiger charge is -2.19. The molecule has 2 rings (SSSR count). The molecule has 0 aliphatic rings. The van der Waals surface area contributed by atoms with E-state index in [-0.39, 0.29) is 11.3 Å². The third kappa shape index (κ3) is 4.64. The minimum Gasteiger partial charge on any atom is -0.351 e. The fraction of sp³-hybridized carbons (Fsp3) is 0.278. The molecule has 0 saturated heterocycles. The average molecular weight is 310 g/mol. The fourth-order valence-electron chi connectivity index (χ4n) is 1.96. The minimum atomic E-state index is -0.233. The third-order valence-electron chi connectivity index (χ3n) is 3.33. The normalized spacial score (nSPS) is 10.9. The van der Waals surface area contributed by atoms with E-state index in [0.29, 0.717) is 18.1 Å². The molecule has 0 bridgehead atoms. The highest BCUT2D eigenvalue weighted by Crippen LogP contribution is 2.23. The Labute approximate surface area is 136 Å². The minimum absolute atomic E-state index is 0.0879. The molecule has 0 unspecified atom stereocenters. The number of hydrogen-bond acceptors (Lipinski definition) is 4. The zero-order valence-corrected chi connectivity index (χ0v) is 13.8. The first kappa shape index (κ1) is 16.7. The Morgan fingerprint density at radius 3 is 2.30 bits per heavy atom. The molecule has 0 aliphatic carbocycles. The maximum absolute atomic E-state index is 12.2. The third-order valence-corrected chi connectivity index (χ3v) is 3.33.